The minimum Gasteiger partial charge on any atom is -0.396 e. The second kappa shape index (κ2) is 5.09. The van der Waals surface area contributed by atoms with E-state index in [9.17, 15) is 12.8 Å². The first-order chi connectivity index (χ1) is 9.29. The lowest BCUT2D eigenvalue weighted by Gasteiger charge is -2.11. The van der Waals surface area contributed by atoms with Gasteiger partial charge < -0.3 is 5.73 Å². The first kappa shape index (κ1) is 14.3. The summed E-state index contributed by atoms with van der Waals surface area (Å²) in [4.78, 5) is 3.89. The maximum Gasteiger partial charge on any atom is 0.263 e. The highest BCUT2D eigenvalue weighted by Gasteiger charge is 2.19. The van der Waals surface area contributed by atoms with Crippen molar-refractivity contribution in [2.45, 2.75) is 18.7 Å². The third kappa shape index (κ3) is 2.88. The van der Waals surface area contributed by atoms with Crippen molar-refractivity contribution in [3.05, 3.63) is 47.4 Å². The number of nitrogens with zero attached hydrogens (tertiary/aromatic N) is 1. The molecular weight excluding hydrogens is 281 g/mol. The van der Waals surface area contributed by atoms with Crippen LogP contribution in [0.3, 0.4) is 0 Å². The van der Waals surface area contributed by atoms with Crippen LogP contribution in [0.4, 0.5) is 15.9 Å². The predicted molar refractivity (Wildman–Crippen MR) is 75.3 cm³/mol. The van der Waals surface area contributed by atoms with E-state index in [0.29, 0.717) is 0 Å². The summed E-state index contributed by atoms with van der Waals surface area (Å²) in [6.07, 6.45) is 1.55. The molecule has 0 spiro atoms. The number of hydrogen-bond acceptors (Lipinski definition) is 4. The number of pyridine rings is 1. The van der Waals surface area contributed by atoms with E-state index in [1.54, 1.807) is 18.3 Å². The molecule has 106 valence electrons. The molecule has 0 radical (unpaired) electrons. The first-order valence-corrected chi connectivity index (χ1v) is 7.29. The van der Waals surface area contributed by atoms with Gasteiger partial charge in [-0.2, -0.15) is 0 Å². The number of rotatable bonds is 3. The number of hydrogen-bond donors (Lipinski definition) is 2. The van der Waals surface area contributed by atoms with Crippen molar-refractivity contribution in [2.24, 2.45) is 0 Å². The zero-order valence-corrected chi connectivity index (χ0v) is 11.8. The van der Waals surface area contributed by atoms with Crippen LogP contribution in [0.1, 0.15) is 11.1 Å². The van der Waals surface area contributed by atoms with Gasteiger partial charge >= 0.3 is 0 Å². The second-order valence-electron chi connectivity index (χ2n) is 4.47. The molecule has 0 saturated carbocycles. The fourth-order valence-corrected chi connectivity index (χ4v) is 2.95. The number of sulfonamides is 1. The Morgan fingerprint density at radius 3 is 2.55 bits per heavy atom. The molecule has 0 amide bonds. The van der Waals surface area contributed by atoms with E-state index in [2.05, 4.69) is 9.71 Å². The maximum absolute atomic E-state index is 13.3. The number of nitrogens with one attached hydrogen (secondary N) is 1. The summed E-state index contributed by atoms with van der Waals surface area (Å²) in [5.41, 5.74) is 6.39. The van der Waals surface area contributed by atoms with Gasteiger partial charge in [0.2, 0.25) is 0 Å². The Morgan fingerprint density at radius 2 is 1.95 bits per heavy atom. The monoisotopic (exact) mass is 295 g/mol. The summed E-state index contributed by atoms with van der Waals surface area (Å²) >= 11 is 0. The lowest BCUT2D eigenvalue weighted by Crippen LogP contribution is -2.15. The Balaban J connectivity index is 2.40. The minimum absolute atomic E-state index is 0.0706. The largest absolute Gasteiger partial charge is 0.396 e. The molecular formula is C13H14FN3O2S. The average molecular weight is 295 g/mol. The number of anilines is 2. The number of nitrogens with two attached hydrogens (primary N) is 1. The molecule has 0 aliphatic carbocycles. The Morgan fingerprint density at radius 1 is 1.25 bits per heavy atom. The van der Waals surface area contributed by atoms with Crippen molar-refractivity contribution < 1.29 is 12.8 Å². The standard InChI is InChI=1S/C13H14FN3O2S/c1-8-3-4-13(16-7-8)17-20(18,19)12-6-11(15)10(14)5-9(12)2/h3-7H,15H2,1-2H3,(H,16,17). The van der Waals surface area contributed by atoms with Crippen LogP contribution in [0.25, 0.3) is 0 Å². The van der Waals surface area contributed by atoms with Crippen LogP contribution in [0.15, 0.2) is 35.4 Å². The van der Waals surface area contributed by atoms with Crippen LogP contribution in [0, 0.1) is 19.7 Å². The van der Waals surface area contributed by atoms with Gasteiger partial charge in [-0.1, -0.05) is 6.07 Å². The fourth-order valence-electron chi connectivity index (χ4n) is 1.68. The molecule has 3 N–H and O–H groups in total. The molecule has 5 nitrogen and oxygen atoms in total. The highest BCUT2D eigenvalue weighted by molar-refractivity contribution is 7.92. The van der Waals surface area contributed by atoms with E-state index in [1.165, 1.54) is 6.92 Å². The van der Waals surface area contributed by atoms with E-state index in [-0.39, 0.29) is 22.0 Å². The lowest BCUT2D eigenvalue weighted by atomic mass is 10.2. The number of halogens is 1. The number of aromatic nitrogens is 1. The van der Waals surface area contributed by atoms with Crippen LogP contribution in [0.5, 0.6) is 0 Å². The molecule has 0 atom stereocenters. The normalized spacial score (nSPS) is 11.3. The second-order valence-corrected chi connectivity index (χ2v) is 6.12. The first-order valence-electron chi connectivity index (χ1n) is 5.81. The molecule has 0 saturated heterocycles. The van der Waals surface area contributed by atoms with Crippen molar-refractivity contribution in [1.82, 2.24) is 4.98 Å². The molecule has 1 heterocycles. The van der Waals surface area contributed by atoms with Gasteiger partial charge in [0.1, 0.15) is 11.6 Å². The van der Waals surface area contributed by atoms with Gasteiger partial charge in [-0.25, -0.2) is 17.8 Å². The van der Waals surface area contributed by atoms with Gasteiger partial charge in [-0.15, -0.1) is 0 Å². The molecule has 0 unspecified atom stereocenters. The average Bonchev–Trinajstić information content (AvgIpc) is 2.36. The summed E-state index contributed by atoms with van der Waals surface area (Å²) in [5, 5.41) is 0. The molecule has 0 fully saturated rings. The SMILES string of the molecule is Cc1ccc(NS(=O)(=O)c2cc(N)c(F)cc2C)nc1. The van der Waals surface area contributed by atoms with Crippen molar-refractivity contribution in [3.63, 3.8) is 0 Å². The van der Waals surface area contributed by atoms with Crippen LogP contribution < -0.4 is 10.5 Å². The number of aryl methyl sites for hydroxylation is 2. The molecule has 0 aliphatic heterocycles. The van der Waals surface area contributed by atoms with Crippen molar-refractivity contribution in [3.8, 4) is 0 Å². The minimum atomic E-state index is -3.86. The topological polar surface area (TPSA) is 85.1 Å². The van der Waals surface area contributed by atoms with Crippen LogP contribution >= 0.6 is 0 Å². The predicted octanol–water partition coefficient (Wildman–Crippen LogP) is 2.22. The summed E-state index contributed by atoms with van der Waals surface area (Å²) in [6.45, 7) is 3.34. The Kier molecular flexibility index (Phi) is 3.63. The summed E-state index contributed by atoms with van der Waals surface area (Å²) in [5.74, 6) is -0.451. The summed E-state index contributed by atoms with van der Waals surface area (Å²) < 4.78 is 40.1. The van der Waals surface area contributed by atoms with Gasteiger partial charge in [0.05, 0.1) is 10.6 Å². The highest BCUT2D eigenvalue weighted by atomic mass is 32.2. The van der Waals surface area contributed by atoms with E-state index < -0.39 is 15.8 Å². The Hall–Kier alpha value is -2.15. The number of nitrogen functional groups attached to an aromatic ring is 1. The lowest BCUT2D eigenvalue weighted by molar-refractivity contribution is 0.599. The smallest absolute Gasteiger partial charge is 0.263 e. The Bertz CT molecular complexity index is 743. The third-order valence-corrected chi connectivity index (χ3v) is 4.23. The zero-order valence-electron chi connectivity index (χ0n) is 11.0. The zero-order chi connectivity index (χ0) is 14.9. The van der Waals surface area contributed by atoms with Crippen LogP contribution in [-0.2, 0) is 10.0 Å². The molecule has 20 heavy (non-hydrogen) atoms. The third-order valence-electron chi connectivity index (χ3n) is 2.73. The van der Waals surface area contributed by atoms with E-state index in [0.717, 1.165) is 17.7 Å². The molecule has 1 aromatic heterocycles. The van der Waals surface area contributed by atoms with Gasteiger partial charge in [0.15, 0.2) is 0 Å². The molecule has 7 heteroatoms. The Labute approximate surface area is 116 Å². The molecule has 0 bridgehead atoms. The van der Waals surface area contributed by atoms with Crippen molar-refractivity contribution in [2.75, 3.05) is 10.5 Å². The highest BCUT2D eigenvalue weighted by Crippen LogP contribution is 2.23. The quantitative estimate of drug-likeness (QED) is 0.850. The van der Waals surface area contributed by atoms with E-state index in [4.69, 9.17) is 5.73 Å². The van der Waals surface area contributed by atoms with Crippen LogP contribution in [0.2, 0.25) is 0 Å². The fraction of sp³-hybridized carbons (Fsp3) is 0.154. The molecule has 2 rings (SSSR count). The van der Waals surface area contributed by atoms with Gasteiger partial charge in [0.25, 0.3) is 10.0 Å². The molecule has 0 aliphatic rings. The maximum atomic E-state index is 13.3. The summed E-state index contributed by atoms with van der Waals surface area (Å²) in [6, 6.07) is 5.47. The van der Waals surface area contributed by atoms with Gasteiger partial charge in [-0.05, 0) is 43.2 Å². The van der Waals surface area contributed by atoms with Gasteiger partial charge in [-0.3, -0.25) is 4.72 Å². The van der Waals surface area contributed by atoms with E-state index in [1.807, 2.05) is 6.92 Å². The van der Waals surface area contributed by atoms with Crippen molar-refractivity contribution >= 4 is 21.5 Å². The van der Waals surface area contributed by atoms with E-state index >= 15 is 0 Å². The molecule has 2 aromatic rings. The van der Waals surface area contributed by atoms with Crippen molar-refractivity contribution in [1.29, 1.82) is 0 Å². The molecule has 1 aromatic carbocycles. The van der Waals surface area contributed by atoms with Gasteiger partial charge in [0, 0.05) is 6.20 Å². The van der Waals surface area contributed by atoms with Crippen LogP contribution in [-0.4, -0.2) is 13.4 Å². The summed E-state index contributed by atoms with van der Waals surface area (Å²) in [7, 11) is -3.86. The number of benzene rings is 1.